The molecule has 2 fully saturated rings. The first-order chi connectivity index (χ1) is 7.81. The predicted octanol–water partition coefficient (Wildman–Crippen LogP) is 0.293. The van der Waals surface area contributed by atoms with E-state index in [4.69, 9.17) is 0 Å². The molecule has 0 saturated carbocycles. The fourth-order valence-corrected chi connectivity index (χ4v) is 2.29. The maximum Gasteiger partial charge on any atom is 0.239 e. The fraction of sp³-hybridized carbons (Fsp3) is 0.917. The quantitative estimate of drug-likeness (QED) is 0.747. The first-order valence-corrected chi connectivity index (χ1v) is 6.56. The lowest BCUT2D eigenvalue weighted by Gasteiger charge is -2.38. The molecule has 2 saturated heterocycles. The van der Waals surface area contributed by atoms with Crippen molar-refractivity contribution in [2.24, 2.45) is 0 Å². The van der Waals surface area contributed by atoms with Gasteiger partial charge in [-0.15, -0.1) is 0 Å². The molecule has 2 rings (SSSR count). The molecule has 1 N–H and O–H groups in total. The van der Waals surface area contributed by atoms with Gasteiger partial charge in [-0.05, 0) is 25.9 Å². The Bertz CT molecular complexity index is 232. The molecule has 1 atom stereocenters. The van der Waals surface area contributed by atoms with Crippen LogP contribution in [0.1, 0.15) is 26.2 Å². The lowest BCUT2D eigenvalue weighted by atomic mass is 10.1. The number of hydrogen-bond acceptors (Lipinski definition) is 3. The second kappa shape index (κ2) is 5.64. The molecule has 2 heterocycles. The van der Waals surface area contributed by atoms with Gasteiger partial charge in [0.2, 0.25) is 5.91 Å². The molecule has 0 aromatic heterocycles. The van der Waals surface area contributed by atoms with Crippen molar-refractivity contribution in [2.75, 3.05) is 39.3 Å². The zero-order valence-corrected chi connectivity index (χ0v) is 10.2. The number of unbranched alkanes of at least 4 members (excludes halogenated alkanes) is 1. The average molecular weight is 225 g/mol. The third kappa shape index (κ3) is 2.74. The van der Waals surface area contributed by atoms with Crippen molar-refractivity contribution in [2.45, 2.75) is 32.2 Å². The van der Waals surface area contributed by atoms with Crippen LogP contribution in [0.4, 0.5) is 0 Å². The van der Waals surface area contributed by atoms with Crippen molar-refractivity contribution in [3.05, 3.63) is 0 Å². The molecule has 0 aromatic carbocycles. The van der Waals surface area contributed by atoms with Crippen LogP contribution in [0.15, 0.2) is 0 Å². The molecular formula is C12H23N3O. The zero-order valence-electron chi connectivity index (χ0n) is 10.2. The van der Waals surface area contributed by atoms with Gasteiger partial charge in [0, 0.05) is 26.2 Å². The maximum atomic E-state index is 11.9. The number of nitrogens with zero attached hydrogens (tertiary/aromatic N) is 2. The van der Waals surface area contributed by atoms with Crippen LogP contribution >= 0.6 is 0 Å². The highest BCUT2D eigenvalue weighted by Crippen LogP contribution is 2.10. The predicted molar refractivity (Wildman–Crippen MR) is 64.3 cm³/mol. The van der Waals surface area contributed by atoms with Gasteiger partial charge in [-0.25, -0.2) is 0 Å². The number of piperazine rings is 1. The molecular weight excluding hydrogens is 202 g/mol. The van der Waals surface area contributed by atoms with Crippen molar-refractivity contribution in [1.29, 1.82) is 0 Å². The summed E-state index contributed by atoms with van der Waals surface area (Å²) in [6.45, 7) is 8.37. The number of carbonyl (C=O) groups excluding carboxylic acids is 1. The van der Waals surface area contributed by atoms with Crippen LogP contribution in [0.25, 0.3) is 0 Å². The SMILES string of the molecule is CCCCN1CCN(C(=O)C2CCN2)CC1. The minimum Gasteiger partial charge on any atom is -0.339 e. The van der Waals surface area contributed by atoms with E-state index < -0.39 is 0 Å². The molecule has 1 amide bonds. The largest absolute Gasteiger partial charge is 0.339 e. The fourth-order valence-electron chi connectivity index (χ4n) is 2.29. The van der Waals surface area contributed by atoms with Crippen LogP contribution in [0, 0.1) is 0 Å². The monoisotopic (exact) mass is 225 g/mol. The summed E-state index contributed by atoms with van der Waals surface area (Å²) >= 11 is 0. The number of carbonyl (C=O) groups is 1. The molecule has 16 heavy (non-hydrogen) atoms. The Balaban J connectivity index is 1.69. The normalized spacial score (nSPS) is 26.6. The molecule has 92 valence electrons. The highest BCUT2D eigenvalue weighted by atomic mass is 16.2. The molecule has 2 aliphatic heterocycles. The van der Waals surface area contributed by atoms with E-state index in [1.54, 1.807) is 0 Å². The van der Waals surface area contributed by atoms with Crippen molar-refractivity contribution < 1.29 is 4.79 Å². The third-order valence-electron chi connectivity index (χ3n) is 3.63. The number of hydrogen-bond donors (Lipinski definition) is 1. The van der Waals surface area contributed by atoms with Gasteiger partial charge in [-0.2, -0.15) is 0 Å². The Labute approximate surface area is 98.0 Å². The van der Waals surface area contributed by atoms with Crippen molar-refractivity contribution in [3.63, 3.8) is 0 Å². The molecule has 0 aromatic rings. The Hall–Kier alpha value is -0.610. The Morgan fingerprint density at radius 3 is 2.50 bits per heavy atom. The maximum absolute atomic E-state index is 11.9. The van der Waals surface area contributed by atoms with Gasteiger partial charge in [-0.3, -0.25) is 9.69 Å². The Morgan fingerprint density at radius 1 is 1.31 bits per heavy atom. The Morgan fingerprint density at radius 2 is 2.00 bits per heavy atom. The van der Waals surface area contributed by atoms with Gasteiger partial charge in [0.25, 0.3) is 0 Å². The third-order valence-corrected chi connectivity index (χ3v) is 3.63. The number of nitrogens with one attached hydrogen (secondary N) is 1. The van der Waals surface area contributed by atoms with Gasteiger partial charge in [0.1, 0.15) is 0 Å². The van der Waals surface area contributed by atoms with E-state index in [0.717, 1.165) is 39.1 Å². The van der Waals surface area contributed by atoms with Gasteiger partial charge >= 0.3 is 0 Å². The highest BCUT2D eigenvalue weighted by molar-refractivity contribution is 5.82. The van der Waals surface area contributed by atoms with Crippen LogP contribution in [0.5, 0.6) is 0 Å². The van der Waals surface area contributed by atoms with Crippen LogP contribution in [-0.2, 0) is 4.79 Å². The van der Waals surface area contributed by atoms with Gasteiger partial charge < -0.3 is 10.2 Å². The average Bonchev–Trinajstić information content (AvgIpc) is 2.24. The lowest BCUT2D eigenvalue weighted by molar-refractivity contribution is -0.136. The van der Waals surface area contributed by atoms with Gasteiger partial charge in [0.05, 0.1) is 6.04 Å². The summed E-state index contributed by atoms with van der Waals surface area (Å²) in [6, 6.07) is 0.127. The van der Waals surface area contributed by atoms with Crippen LogP contribution in [0.3, 0.4) is 0 Å². The molecule has 2 aliphatic rings. The van der Waals surface area contributed by atoms with Crippen LogP contribution in [-0.4, -0.2) is 61.0 Å². The van der Waals surface area contributed by atoms with E-state index in [1.165, 1.54) is 19.4 Å². The van der Waals surface area contributed by atoms with Gasteiger partial charge in [-0.1, -0.05) is 13.3 Å². The minimum atomic E-state index is 0.127. The van der Waals surface area contributed by atoms with Crippen LogP contribution < -0.4 is 5.32 Å². The number of rotatable bonds is 4. The smallest absolute Gasteiger partial charge is 0.239 e. The standard InChI is InChI=1S/C12H23N3O/c1-2-3-6-14-7-9-15(10-8-14)12(16)11-4-5-13-11/h11,13H,2-10H2,1H3. The zero-order chi connectivity index (χ0) is 11.4. The summed E-state index contributed by atoms with van der Waals surface area (Å²) in [5, 5.41) is 3.18. The molecule has 1 unspecified atom stereocenters. The van der Waals surface area contributed by atoms with E-state index >= 15 is 0 Å². The first kappa shape index (κ1) is 11.9. The van der Waals surface area contributed by atoms with Gasteiger partial charge in [0.15, 0.2) is 0 Å². The molecule has 0 spiro atoms. The highest BCUT2D eigenvalue weighted by Gasteiger charge is 2.30. The lowest BCUT2D eigenvalue weighted by Crippen LogP contribution is -2.58. The molecule has 4 heteroatoms. The first-order valence-electron chi connectivity index (χ1n) is 6.56. The van der Waals surface area contributed by atoms with Crippen molar-refractivity contribution >= 4 is 5.91 Å². The van der Waals surface area contributed by atoms with Crippen molar-refractivity contribution in [1.82, 2.24) is 15.1 Å². The van der Waals surface area contributed by atoms with E-state index in [0.29, 0.717) is 5.91 Å². The molecule has 4 nitrogen and oxygen atoms in total. The second-order valence-electron chi connectivity index (χ2n) is 4.82. The summed E-state index contributed by atoms with van der Waals surface area (Å²) in [6.07, 6.45) is 3.55. The van der Waals surface area contributed by atoms with E-state index in [1.807, 2.05) is 4.90 Å². The molecule has 0 bridgehead atoms. The number of amides is 1. The summed E-state index contributed by atoms with van der Waals surface area (Å²) in [5.74, 6) is 0.321. The van der Waals surface area contributed by atoms with E-state index in [9.17, 15) is 4.79 Å². The summed E-state index contributed by atoms with van der Waals surface area (Å²) < 4.78 is 0. The summed E-state index contributed by atoms with van der Waals surface area (Å²) in [4.78, 5) is 16.4. The summed E-state index contributed by atoms with van der Waals surface area (Å²) in [7, 11) is 0. The van der Waals surface area contributed by atoms with E-state index in [-0.39, 0.29) is 6.04 Å². The molecule has 0 aliphatic carbocycles. The summed E-state index contributed by atoms with van der Waals surface area (Å²) in [5.41, 5.74) is 0. The Kier molecular flexibility index (Phi) is 4.18. The van der Waals surface area contributed by atoms with Crippen LogP contribution in [0.2, 0.25) is 0 Å². The topological polar surface area (TPSA) is 35.6 Å². The van der Waals surface area contributed by atoms with Crippen molar-refractivity contribution in [3.8, 4) is 0 Å². The van der Waals surface area contributed by atoms with E-state index in [2.05, 4.69) is 17.1 Å². The molecule has 0 radical (unpaired) electrons. The second-order valence-corrected chi connectivity index (χ2v) is 4.82. The minimum absolute atomic E-state index is 0.127.